The molecule has 0 radical (unpaired) electrons. The van der Waals surface area contributed by atoms with Crippen molar-refractivity contribution < 1.29 is 4.52 Å². The summed E-state index contributed by atoms with van der Waals surface area (Å²) in [6, 6.07) is 15.4. The van der Waals surface area contributed by atoms with Crippen LogP contribution in [0.25, 0.3) is 22.8 Å². The van der Waals surface area contributed by atoms with Crippen molar-refractivity contribution in [3.63, 3.8) is 0 Å². The average molecular weight is 251 g/mol. The SMILES string of the molecule is Cc1cccc(-c2nc(-c3cccc(N)c3)no2)c1. The minimum Gasteiger partial charge on any atom is -0.399 e. The molecule has 0 fully saturated rings. The Morgan fingerprint density at radius 2 is 1.79 bits per heavy atom. The van der Waals surface area contributed by atoms with Crippen molar-refractivity contribution in [3.05, 3.63) is 54.1 Å². The molecular weight excluding hydrogens is 238 g/mol. The number of benzene rings is 2. The summed E-state index contributed by atoms with van der Waals surface area (Å²) < 4.78 is 5.30. The number of nitrogens with zero attached hydrogens (tertiary/aromatic N) is 2. The van der Waals surface area contributed by atoms with Crippen LogP contribution in [-0.4, -0.2) is 10.1 Å². The quantitative estimate of drug-likeness (QED) is 0.710. The molecule has 0 unspecified atom stereocenters. The molecule has 1 aromatic heterocycles. The van der Waals surface area contributed by atoms with Crippen molar-refractivity contribution in [3.8, 4) is 22.8 Å². The molecule has 19 heavy (non-hydrogen) atoms. The molecule has 4 nitrogen and oxygen atoms in total. The smallest absolute Gasteiger partial charge is 0.258 e. The van der Waals surface area contributed by atoms with Crippen LogP contribution in [0.1, 0.15) is 5.56 Å². The lowest BCUT2D eigenvalue weighted by Gasteiger charge is -1.96. The first-order valence-corrected chi connectivity index (χ1v) is 5.99. The predicted molar refractivity (Wildman–Crippen MR) is 74.3 cm³/mol. The van der Waals surface area contributed by atoms with E-state index >= 15 is 0 Å². The number of rotatable bonds is 2. The number of anilines is 1. The molecule has 2 aromatic carbocycles. The van der Waals surface area contributed by atoms with Crippen LogP contribution < -0.4 is 5.73 Å². The zero-order chi connectivity index (χ0) is 13.2. The molecule has 3 rings (SSSR count). The van der Waals surface area contributed by atoms with Gasteiger partial charge < -0.3 is 10.3 Å². The Balaban J connectivity index is 2.00. The second-order valence-electron chi connectivity index (χ2n) is 4.42. The molecule has 1 heterocycles. The number of hydrogen-bond donors (Lipinski definition) is 1. The summed E-state index contributed by atoms with van der Waals surface area (Å²) in [5.74, 6) is 1.06. The molecule has 0 bridgehead atoms. The monoisotopic (exact) mass is 251 g/mol. The summed E-state index contributed by atoms with van der Waals surface area (Å²) in [4.78, 5) is 4.40. The van der Waals surface area contributed by atoms with Crippen LogP contribution >= 0.6 is 0 Å². The van der Waals surface area contributed by atoms with E-state index in [1.54, 1.807) is 0 Å². The van der Waals surface area contributed by atoms with Gasteiger partial charge in [0.25, 0.3) is 5.89 Å². The van der Waals surface area contributed by atoms with Crippen molar-refractivity contribution in [1.82, 2.24) is 10.1 Å². The Morgan fingerprint density at radius 1 is 1.00 bits per heavy atom. The number of hydrogen-bond acceptors (Lipinski definition) is 4. The van der Waals surface area contributed by atoms with Gasteiger partial charge in [-0.05, 0) is 31.2 Å². The number of aryl methyl sites for hydroxylation is 1. The van der Waals surface area contributed by atoms with Gasteiger partial charge in [-0.3, -0.25) is 0 Å². The number of nitrogens with two attached hydrogens (primary N) is 1. The van der Waals surface area contributed by atoms with E-state index in [2.05, 4.69) is 10.1 Å². The molecule has 2 N–H and O–H groups in total. The van der Waals surface area contributed by atoms with Crippen LogP contribution in [0.5, 0.6) is 0 Å². The van der Waals surface area contributed by atoms with Crippen LogP contribution in [0.3, 0.4) is 0 Å². The average Bonchev–Trinajstić information content (AvgIpc) is 2.88. The molecule has 0 atom stereocenters. The third kappa shape index (κ3) is 2.33. The lowest BCUT2D eigenvalue weighted by atomic mass is 10.1. The first-order valence-electron chi connectivity index (χ1n) is 5.99. The molecule has 0 saturated carbocycles. The summed E-state index contributed by atoms with van der Waals surface area (Å²) in [6.45, 7) is 2.03. The van der Waals surface area contributed by atoms with E-state index < -0.39 is 0 Å². The maximum atomic E-state index is 5.75. The Kier molecular flexibility index (Phi) is 2.76. The Labute approximate surface area is 110 Å². The molecule has 3 aromatic rings. The van der Waals surface area contributed by atoms with Gasteiger partial charge in [-0.25, -0.2) is 0 Å². The van der Waals surface area contributed by atoms with Gasteiger partial charge in [-0.15, -0.1) is 0 Å². The first-order chi connectivity index (χ1) is 9.22. The molecule has 4 heteroatoms. The second kappa shape index (κ2) is 4.57. The standard InChI is InChI=1S/C15H13N3O/c1-10-4-2-6-12(8-10)15-17-14(18-19-15)11-5-3-7-13(16)9-11/h2-9H,16H2,1H3. The van der Waals surface area contributed by atoms with E-state index in [0.29, 0.717) is 17.4 Å². The molecule has 0 saturated heterocycles. The van der Waals surface area contributed by atoms with E-state index in [4.69, 9.17) is 10.3 Å². The van der Waals surface area contributed by atoms with Gasteiger partial charge in [0.15, 0.2) is 0 Å². The number of aromatic nitrogens is 2. The normalized spacial score (nSPS) is 10.6. The van der Waals surface area contributed by atoms with Crippen molar-refractivity contribution in [1.29, 1.82) is 0 Å². The van der Waals surface area contributed by atoms with E-state index in [9.17, 15) is 0 Å². The van der Waals surface area contributed by atoms with Gasteiger partial charge >= 0.3 is 0 Å². The zero-order valence-electron chi connectivity index (χ0n) is 10.5. The highest BCUT2D eigenvalue weighted by Crippen LogP contribution is 2.23. The summed E-state index contributed by atoms with van der Waals surface area (Å²) in [7, 11) is 0. The fraction of sp³-hybridized carbons (Fsp3) is 0.0667. The molecular formula is C15H13N3O. The van der Waals surface area contributed by atoms with E-state index in [-0.39, 0.29) is 0 Å². The highest BCUT2D eigenvalue weighted by molar-refractivity contribution is 5.63. The Morgan fingerprint density at radius 3 is 2.58 bits per heavy atom. The van der Waals surface area contributed by atoms with Crippen LogP contribution in [0, 0.1) is 6.92 Å². The second-order valence-corrected chi connectivity index (χ2v) is 4.42. The molecule has 0 spiro atoms. The third-order valence-electron chi connectivity index (χ3n) is 2.84. The largest absolute Gasteiger partial charge is 0.399 e. The van der Waals surface area contributed by atoms with E-state index in [0.717, 1.165) is 16.7 Å². The first kappa shape index (κ1) is 11.5. The highest BCUT2D eigenvalue weighted by Gasteiger charge is 2.10. The maximum Gasteiger partial charge on any atom is 0.258 e. The van der Waals surface area contributed by atoms with Crippen molar-refractivity contribution in [2.45, 2.75) is 6.92 Å². The minimum atomic E-state index is 0.515. The van der Waals surface area contributed by atoms with Gasteiger partial charge in [0.1, 0.15) is 0 Å². The van der Waals surface area contributed by atoms with E-state index in [1.165, 1.54) is 0 Å². The Hall–Kier alpha value is -2.62. The summed E-state index contributed by atoms with van der Waals surface area (Å²) in [6.07, 6.45) is 0. The van der Waals surface area contributed by atoms with Crippen molar-refractivity contribution >= 4 is 5.69 Å². The lowest BCUT2D eigenvalue weighted by Crippen LogP contribution is -1.86. The van der Waals surface area contributed by atoms with Gasteiger partial charge in [-0.2, -0.15) is 4.98 Å². The van der Waals surface area contributed by atoms with Crippen LogP contribution in [0.4, 0.5) is 5.69 Å². The van der Waals surface area contributed by atoms with Crippen molar-refractivity contribution in [2.75, 3.05) is 5.73 Å². The maximum absolute atomic E-state index is 5.75. The predicted octanol–water partition coefficient (Wildman–Crippen LogP) is 3.29. The van der Waals surface area contributed by atoms with Gasteiger partial charge in [0.2, 0.25) is 5.82 Å². The van der Waals surface area contributed by atoms with Gasteiger partial charge in [-0.1, -0.05) is 35.0 Å². The van der Waals surface area contributed by atoms with Gasteiger partial charge in [0, 0.05) is 16.8 Å². The third-order valence-corrected chi connectivity index (χ3v) is 2.84. The molecule has 0 aliphatic carbocycles. The topological polar surface area (TPSA) is 64.9 Å². The fourth-order valence-electron chi connectivity index (χ4n) is 1.91. The molecule has 0 aliphatic heterocycles. The summed E-state index contributed by atoms with van der Waals surface area (Å²) in [5.41, 5.74) is 9.35. The zero-order valence-corrected chi connectivity index (χ0v) is 10.5. The van der Waals surface area contributed by atoms with Crippen molar-refractivity contribution in [2.24, 2.45) is 0 Å². The fourth-order valence-corrected chi connectivity index (χ4v) is 1.91. The van der Waals surface area contributed by atoms with Gasteiger partial charge in [0.05, 0.1) is 0 Å². The molecule has 0 aliphatic rings. The Bertz CT molecular complexity index is 659. The van der Waals surface area contributed by atoms with Crippen LogP contribution in [0.15, 0.2) is 53.1 Å². The summed E-state index contributed by atoms with van der Waals surface area (Å²) in [5, 5.41) is 3.99. The minimum absolute atomic E-state index is 0.515. The number of nitrogen functional groups attached to an aromatic ring is 1. The molecule has 0 amide bonds. The lowest BCUT2D eigenvalue weighted by molar-refractivity contribution is 0.432. The van der Waals surface area contributed by atoms with Crippen LogP contribution in [-0.2, 0) is 0 Å². The molecule has 94 valence electrons. The van der Waals surface area contributed by atoms with Crippen LogP contribution in [0.2, 0.25) is 0 Å². The highest BCUT2D eigenvalue weighted by atomic mass is 16.5. The summed E-state index contributed by atoms with van der Waals surface area (Å²) >= 11 is 0. The van der Waals surface area contributed by atoms with E-state index in [1.807, 2.05) is 55.5 Å².